The molecule has 2 heterocycles. The summed E-state index contributed by atoms with van der Waals surface area (Å²) in [7, 11) is 1.79. The highest BCUT2D eigenvalue weighted by Gasteiger charge is 2.42. The Morgan fingerprint density at radius 3 is 2.62 bits per heavy atom. The van der Waals surface area contributed by atoms with Gasteiger partial charge in [-0.05, 0) is 56.4 Å². The van der Waals surface area contributed by atoms with E-state index in [1.54, 1.807) is 11.9 Å². The molecule has 1 aliphatic heterocycles. The zero-order valence-corrected chi connectivity index (χ0v) is 18.6. The van der Waals surface area contributed by atoms with Gasteiger partial charge in [0.05, 0.1) is 17.7 Å². The summed E-state index contributed by atoms with van der Waals surface area (Å²) in [6.07, 6.45) is 4.33. The number of hydrogen-bond acceptors (Lipinski definition) is 5. The van der Waals surface area contributed by atoms with Crippen LogP contribution in [0.15, 0.2) is 16.8 Å². The Labute approximate surface area is 178 Å². The van der Waals surface area contributed by atoms with E-state index < -0.39 is 5.54 Å². The maximum atomic E-state index is 13.3. The van der Waals surface area contributed by atoms with E-state index in [0.717, 1.165) is 44.2 Å². The predicted octanol–water partition coefficient (Wildman–Crippen LogP) is 3.22. The molecule has 1 unspecified atom stereocenters. The molecule has 29 heavy (non-hydrogen) atoms. The molecule has 1 atom stereocenters. The second-order valence-electron chi connectivity index (χ2n) is 8.59. The van der Waals surface area contributed by atoms with E-state index in [9.17, 15) is 14.9 Å². The highest BCUT2D eigenvalue weighted by molar-refractivity contribution is 7.08. The van der Waals surface area contributed by atoms with Crippen molar-refractivity contribution in [1.82, 2.24) is 14.7 Å². The van der Waals surface area contributed by atoms with Gasteiger partial charge in [-0.1, -0.05) is 6.92 Å². The quantitative estimate of drug-likeness (QED) is 0.756. The summed E-state index contributed by atoms with van der Waals surface area (Å²) >= 11 is 1.53. The van der Waals surface area contributed by atoms with Crippen molar-refractivity contribution >= 4 is 23.2 Å². The van der Waals surface area contributed by atoms with Crippen LogP contribution < -0.4 is 0 Å². The van der Waals surface area contributed by atoms with Crippen LogP contribution in [0.4, 0.5) is 0 Å². The standard InChI is InChI=1S/C22H32N4O2S/c1-17-5-8-22(16-23,9-6-17)24(3)20(27)18(2)25-10-4-11-26(13-12-25)21(28)19-7-14-29-15-19/h7,14-15,17-18H,4-6,8-13H2,1-3H3. The van der Waals surface area contributed by atoms with Gasteiger partial charge in [-0.3, -0.25) is 14.5 Å². The first-order valence-corrected chi connectivity index (χ1v) is 11.6. The highest BCUT2D eigenvalue weighted by atomic mass is 32.1. The number of rotatable bonds is 4. The van der Waals surface area contributed by atoms with Crippen LogP contribution in [0.5, 0.6) is 0 Å². The van der Waals surface area contributed by atoms with Crippen molar-refractivity contribution in [3.63, 3.8) is 0 Å². The Balaban J connectivity index is 1.62. The van der Waals surface area contributed by atoms with Crippen molar-refractivity contribution in [2.75, 3.05) is 33.2 Å². The minimum atomic E-state index is -0.676. The summed E-state index contributed by atoms with van der Waals surface area (Å²) in [5, 5.41) is 13.7. The van der Waals surface area contributed by atoms with Crippen molar-refractivity contribution < 1.29 is 9.59 Å². The molecule has 0 radical (unpaired) electrons. The highest BCUT2D eigenvalue weighted by Crippen LogP contribution is 2.36. The molecule has 2 aliphatic rings. The first-order chi connectivity index (χ1) is 13.9. The van der Waals surface area contributed by atoms with Crippen LogP contribution in [-0.4, -0.2) is 71.3 Å². The van der Waals surface area contributed by atoms with Gasteiger partial charge in [-0.2, -0.15) is 16.6 Å². The van der Waals surface area contributed by atoms with E-state index in [1.807, 2.05) is 28.7 Å². The van der Waals surface area contributed by atoms with Crippen LogP contribution in [0, 0.1) is 17.2 Å². The van der Waals surface area contributed by atoms with Crippen molar-refractivity contribution in [2.24, 2.45) is 5.92 Å². The third-order valence-electron chi connectivity index (χ3n) is 6.77. The maximum Gasteiger partial charge on any atom is 0.254 e. The Kier molecular flexibility index (Phi) is 6.97. The fourth-order valence-corrected chi connectivity index (χ4v) is 5.14. The summed E-state index contributed by atoms with van der Waals surface area (Å²) in [6.45, 7) is 6.94. The van der Waals surface area contributed by atoms with Gasteiger partial charge in [0.25, 0.3) is 5.91 Å². The fourth-order valence-electron chi connectivity index (χ4n) is 4.51. The van der Waals surface area contributed by atoms with Gasteiger partial charge >= 0.3 is 0 Å². The molecule has 2 fully saturated rings. The molecule has 0 bridgehead atoms. The molecule has 7 heteroatoms. The molecule has 1 saturated heterocycles. The Morgan fingerprint density at radius 2 is 2.00 bits per heavy atom. The van der Waals surface area contributed by atoms with Gasteiger partial charge in [0.15, 0.2) is 0 Å². The summed E-state index contributed by atoms with van der Waals surface area (Å²) in [6, 6.07) is 4.03. The Morgan fingerprint density at radius 1 is 1.28 bits per heavy atom. The molecule has 158 valence electrons. The minimum Gasteiger partial charge on any atom is -0.337 e. The zero-order valence-electron chi connectivity index (χ0n) is 17.8. The number of thiophene rings is 1. The second kappa shape index (κ2) is 9.27. The average Bonchev–Trinajstić information content (AvgIpc) is 3.17. The van der Waals surface area contributed by atoms with Crippen molar-refractivity contribution in [1.29, 1.82) is 5.26 Å². The number of carbonyl (C=O) groups is 2. The average molecular weight is 417 g/mol. The first kappa shape index (κ1) is 21.8. The van der Waals surface area contributed by atoms with Crippen LogP contribution in [0.3, 0.4) is 0 Å². The lowest BCUT2D eigenvalue weighted by molar-refractivity contribution is -0.140. The lowest BCUT2D eigenvalue weighted by atomic mass is 9.77. The van der Waals surface area contributed by atoms with Crippen LogP contribution >= 0.6 is 11.3 Å². The minimum absolute atomic E-state index is 0.0127. The second-order valence-corrected chi connectivity index (χ2v) is 9.37. The molecular weight excluding hydrogens is 384 g/mol. The molecule has 1 aromatic rings. The lowest BCUT2D eigenvalue weighted by Gasteiger charge is -2.43. The SMILES string of the molecule is CC1CCC(C#N)(N(C)C(=O)C(C)N2CCCN(C(=O)c3ccsc3)CC2)CC1. The van der Waals surface area contributed by atoms with Crippen molar-refractivity contribution in [3.8, 4) is 6.07 Å². The van der Waals surface area contributed by atoms with E-state index in [0.29, 0.717) is 25.6 Å². The topological polar surface area (TPSA) is 67.7 Å². The van der Waals surface area contributed by atoms with Crippen LogP contribution in [-0.2, 0) is 4.79 Å². The number of nitrogens with zero attached hydrogens (tertiary/aromatic N) is 4. The third kappa shape index (κ3) is 4.65. The normalized spacial score (nSPS) is 27.0. The maximum absolute atomic E-state index is 13.3. The summed E-state index contributed by atoms with van der Waals surface area (Å²) < 4.78 is 0. The zero-order chi connectivity index (χ0) is 21.0. The molecule has 1 aliphatic carbocycles. The summed E-state index contributed by atoms with van der Waals surface area (Å²) in [4.78, 5) is 31.7. The number of likely N-dealkylation sites (N-methyl/N-ethyl adjacent to an activating group) is 1. The van der Waals surface area contributed by atoms with Crippen LogP contribution in [0.2, 0.25) is 0 Å². The molecule has 3 rings (SSSR count). The molecule has 1 saturated carbocycles. The Bertz CT molecular complexity index is 749. The van der Waals surface area contributed by atoms with E-state index in [1.165, 1.54) is 11.3 Å². The third-order valence-corrected chi connectivity index (χ3v) is 7.46. The largest absolute Gasteiger partial charge is 0.337 e. The van der Waals surface area contributed by atoms with E-state index >= 15 is 0 Å². The van der Waals surface area contributed by atoms with E-state index in [-0.39, 0.29) is 17.9 Å². The van der Waals surface area contributed by atoms with E-state index in [2.05, 4.69) is 17.9 Å². The number of carbonyl (C=O) groups excluding carboxylic acids is 2. The molecule has 1 aromatic heterocycles. The monoisotopic (exact) mass is 416 g/mol. The van der Waals surface area contributed by atoms with Crippen molar-refractivity contribution in [3.05, 3.63) is 22.4 Å². The van der Waals surface area contributed by atoms with Crippen LogP contribution in [0.25, 0.3) is 0 Å². The Hall–Kier alpha value is -1.91. The fraction of sp³-hybridized carbons (Fsp3) is 0.682. The molecule has 2 amide bonds. The number of nitriles is 1. The van der Waals surface area contributed by atoms with Gasteiger partial charge in [-0.25, -0.2) is 0 Å². The van der Waals surface area contributed by atoms with E-state index in [4.69, 9.17) is 0 Å². The van der Waals surface area contributed by atoms with Gasteiger partial charge < -0.3 is 9.80 Å². The summed E-state index contributed by atoms with van der Waals surface area (Å²) in [5.74, 6) is 0.706. The first-order valence-electron chi connectivity index (χ1n) is 10.6. The van der Waals surface area contributed by atoms with Crippen LogP contribution in [0.1, 0.15) is 56.3 Å². The molecule has 0 aromatic carbocycles. The molecule has 6 nitrogen and oxygen atoms in total. The molecule has 0 spiro atoms. The van der Waals surface area contributed by atoms with Crippen molar-refractivity contribution in [2.45, 2.75) is 57.5 Å². The molecule has 0 N–H and O–H groups in total. The van der Waals surface area contributed by atoms with Gasteiger partial charge in [0, 0.05) is 38.6 Å². The predicted molar refractivity (Wildman–Crippen MR) is 115 cm³/mol. The van der Waals surface area contributed by atoms with Gasteiger partial charge in [-0.15, -0.1) is 0 Å². The smallest absolute Gasteiger partial charge is 0.254 e. The number of amides is 2. The molecular formula is C22H32N4O2S. The lowest BCUT2D eigenvalue weighted by Crippen LogP contribution is -2.56. The van der Waals surface area contributed by atoms with Gasteiger partial charge in [0.2, 0.25) is 5.91 Å². The summed E-state index contributed by atoms with van der Waals surface area (Å²) in [5.41, 5.74) is 0.0692. The number of hydrogen-bond donors (Lipinski definition) is 0. The van der Waals surface area contributed by atoms with Gasteiger partial charge in [0.1, 0.15) is 5.54 Å².